The summed E-state index contributed by atoms with van der Waals surface area (Å²) in [6, 6.07) is 7.60. The van der Waals surface area contributed by atoms with E-state index >= 15 is 0 Å². The number of allylic oxidation sites excluding steroid dienone is 1. The van der Waals surface area contributed by atoms with Crippen molar-refractivity contribution >= 4 is 5.97 Å². The lowest BCUT2D eigenvalue weighted by Gasteiger charge is -2.08. The van der Waals surface area contributed by atoms with Crippen LogP contribution in [0.4, 0.5) is 0 Å². The summed E-state index contributed by atoms with van der Waals surface area (Å²) < 4.78 is 5.28. The van der Waals surface area contributed by atoms with E-state index in [1.54, 1.807) is 13.0 Å². The van der Waals surface area contributed by atoms with E-state index < -0.39 is 0 Å². The zero-order valence-electron chi connectivity index (χ0n) is 9.41. The minimum absolute atomic E-state index is 0.279. The molecule has 0 aliphatic carbocycles. The normalized spacial score (nSPS) is 11.3. The fourth-order valence-corrected chi connectivity index (χ4v) is 1.19. The quantitative estimate of drug-likeness (QED) is 0.429. The molecule has 0 saturated carbocycles. The maximum Gasteiger partial charge on any atom is 0.338 e. The predicted molar refractivity (Wildman–Crippen MR) is 60.9 cm³/mol. The van der Waals surface area contributed by atoms with Crippen LogP contribution in [0.25, 0.3) is 0 Å². The second-order valence-electron chi connectivity index (χ2n) is 3.32. The number of hydrogen-bond donors (Lipinski definition) is 0. The van der Waals surface area contributed by atoms with E-state index in [9.17, 15) is 4.79 Å². The lowest BCUT2D eigenvalue weighted by atomic mass is 10.1. The van der Waals surface area contributed by atoms with E-state index in [1.807, 2.05) is 38.1 Å². The van der Waals surface area contributed by atoms with Gasteiger partial charge in [0.05, 0.1) is 0 Å². The highest BCUT2D eigenvalue weighted by Crippen LogP contribution is 2.19. The van der Waals surface area contributed by atoms with Crippen LogP contribution in [0.15, 0.2) is 35.9 Å². The van der Waals surface area contributed by atoms with E-state index in [-0.39, 0.29) is 5.97 Å². The Hall–Kier alpha value is -1.57. The third-order valence-corrected chi connectivity index (χ3v) is 2.31. The molecular formula is C13H16O2. The fourth-order valence-electron chi connectivity index (χ4n) is 1.19. The Bertz CT molecular complexity index is 378. The van der Waals surface area contributed by atoms with Crippen LogP contribution in [0.3, 0.4) is 0 Å². The third kappa shape index (κ3) is 2.94. The van der Waals surface area contributed by atoms with Crippen LogP contribution in [0.2, 0.25) is 0 Å². The molecule has 0 aromatic heterocycles. The molecule has 0 radical (unpaired) electrons. The zero-order chi connectivity index (χ0) is 11.3. The van der Waals surface area contributed by atoms with E-state index in [0.717, 1.165) is 12.0 Å². The second kappa shape index (κ2) is 5.35. The summed E-state index contributed by atoms with van der Waals surface area (Å²) in [6.07, 6.45) is 2.61. The first-order valence-electron chi connectivity index (χ1n) is 5.12. The Morgan fingerprint density at radius 1 is 1.40 bits per heavy atom. The van der Waals surface area contributed by atoms with Crippen molar-refractivity contribution in [3.05, 3.63) is 41.5 Å². The van der Waals surface area contributed by atoms with Crippen molar-refractivity contribution in [2.75, 3.05) is 0 Å². The van der Waals surface area contributed by atoms with Crippen molar-refractivity contribution < 1.29 is 9.53 Å². The first kappa shape index (κ1) is 11.5. The highest BCUT2D eigenvalue weighted by Gasteiger charge is 2.08. The van der Waals surface area contributed by atoms with Crippen molar-refractivity contribution in [3.8, 4) is 5.75 Å². The van der Waals surface area contributed by atoms with Crippen LogP contribution >= 0.6 is 0 Å². The van der Waals surface area contributed by atoms with Gasteiger partial charge in [0, 0.05) is 5.57 Å². The van der Waals surface area contributed by atoms with Crippen LogP contribution in [0, 0.1) is 0 Å². The highest BCUT2D eigenvalue weighted by atomic mass is 16.5. The predicted octanol–water partition coefficient (Wildman–Crippen LogP) is 3.12. The maximum atomic E-state index is 11.5. The van der Waals surface area contributed by atoms with Gasteiger partial charge < -0.3 is 4.74 Å². The minimum Gasteiger partial charge on any atom is -0.423 e. The van der Waals surface area contributed by atoms with Gasteiger partial charge in [-0.1, -0.05) is 31.2 Å². The number of carbonyl (C=O) groups excluding carboxylic acids is 1. The summed E-state index contributed by atoms with van der Waals surface area (Å²) in [5.41, 5.74) is 1.68. The minimum atomic E-state index is -0.279. The van der Waals surface area contributed by atoms with Crippen molar-refractivity contribution in [2.45, 2.75) is 27.2 Å². The van der Waals surface area contributed by atoms with Crippen LogP contribution in [-0.2, 0) is 11.2 Å². The van der Waals surface area contributed by atoms with Gasteiger partial charge in [-0.15, -0.1) is 0 Å². The molecule has 1 aromatic rings. The lowest BCUT2D eigenvalue weighted by Crippen LogP contribution is -2.10. The molecule has 0 N–H and O–H groups in total. The van der Waals surface area contributed by atoms with Crippen molar-refractivity contribution in [2.24, 2.45) is 0 Å². The molecule has 0 aliphatic rings. The molecular weight excluding hydrogens is 188 g/mol. The standard InChI is InChI=1S/C13H16O2/c1-4-10(3)13(14)15-12-9-7-6-8-11(12)5-2/h4,6-9H,5H2,1-3H3. The summed E-state index contributed by atoms with van der Waals surface area (Å²) in [4.78, 5) is 11.5. The van der Waals surface area contributed by atoms with Gasteiger partial charge in [-0.05, 0) is 31.9 Å². The number of hydrogen-bond acceptors (Lipinski definition) is 2. The van der Waals surface area contributed by atoms with Gasteiger partial charge in [0.25, 0.3) is 0 Å². The smallest absolute Gasteiger partial charge is 0.338 e. The Morgan fingerprint density at radius 2 is 2.07 bits per heavy atom. The molecule has 2 heteroatoms. The number of ether oxygens (including phenoxy) is 1. The highest BCUT2D eigenvalue weighted by molar-refractivity contribution is 5.89. The molecule has 15 heavy (non-hydrogen) atoms. The molecule has 0 atom stereocenters. The Balaban J connectivity index is 2.85. The molecule has 2 nitrogen and oxygen atoms in total. The molecule has 0 aliphatic heterocycles. The number of aryl methyl sites for hydroxylation is 1. The van der Waals surface area contributed by atoms with Gasteiger partial charge in [-0.2, -0.15) is 0 Å². The van der Waals surface area contributed by atoms with E-state index in [4.69, 9.17) is 4.74 Å². The number of para-hydroxylation sites is 1. The maximum absolute atomic E-state index is 11.5. The molecule has 0 bridgehead atoms. The molecule has 0 unspecified atom stereocenters. The molecule has 80 valence electrons. The van der Waals surface area contributed by atoms with Crippen molar-refractivity contribution in [1.29, 1.82) is 0 Å². The first-order chi connectivity index (χ1) is 7.19. The zero-order valence-corrected chi connectivity index (χ0v) is 9.41. The van der Waals surface area contributed by atoms with Gasteiger partial charge in [0.15, 0.2) is 0 Å². The third-order valence-electron chi connectivity index (χ3n) is 2.31. The number of esters is 1. The topological polar surface area (TPSA) is 26.3 Å². The average Bonchev–Trinajstić information content (AvgIpc) is 2.28. The SMILES string of the molecule is CC=C(C)C(=O)Oc1ccccc1CC. The van der Waals surface area contributed by atoms with Crippen LogP contribution in [-0.4, -0.2) is 5.97 Å². The summed E-state index contributed by atoms with van der Waals surface area (Å²) >= 11 is 0. The molecule has 0 fully saturated rings. The number of benzene rings is 1. The van der Waals surface area contributed by atoms with Gasteiger partial charge >= 0.3 is 5.97 Å². The fraction of sp³-hybridized carbons (Fsp3) is 0.308. The van der Waals surface area contributed by atoms with Crippen molar-refractivity contribution in [3.63, 3.8) is 0 Å². The van der Waals surface area contributed by atoms with Gasteiger partial charge in [0.2, 0.25) is 0 Å². The van der Waals surface area contributed by atoms with Crippen LogP contribution in [0.5, 0.6) is 5.75 Å². The molecule has 1 rings (SSSR count). The Kier molecular flexibility index (Phi) is 4.10. The number of rotatable bonds is 3. The van der Waals surface area contributed by atoms with Gasteiger partial charge in [-0.3, -0.25) is 0 Å². The van der Waals surface area contributed by atoms with Crippen LogP contribution in [0.1, 0.15) is 26.3 Å². The van der Waals surface area contributed by atoms with Gasteiger partial charge in [0.1, 0.15) is 5.75 Å². The lowest BCUT2D eigenvalue weighted by molar-refractivity contribution is -0.130. The van der Waals surface area contributed by atoms with E-state index in [2.05, 4.69) is 0 Å². The molecule has 1 aromatic carbocycles. The Labute approximate surface area is 90.6 Å². The van der Waals surface area contributed by atoms with Gasteiger partial charge in [-0.25, -0.2) is 4.79 Å². The summed E-state index contributed by atoms with van der Waals surface area (Å²) in [5, 5.41) is 0. The largest absolute Gasteiger partial charge is 0.423 e. The first-order valence-corrected chi connectivity index (χ1v) is 5.12. The monoisotopic (exact) mass is 204 g/mol. The molecule has 0 spiro atoms. The average molecular weight is 204 g/mol. The molecule has 0 amide bonds. The van der Waals surface area contributed by atoms with Crippen LogP contribution < -0.4 is 4.74 Å². The summed E-state index contributed by atoms with van der Waals surface area (Å²) in [5.74, 6) is 0.379. The van der Waals surface area contributed by atoms with Crippen molar-refractivity contribution in [1.82, 2.24) is 0 Å². The Morgan fingerprint density at radius 3 is 2.67 bits per heavy atom. The van der Waals surface area contributed by atoms with E-state index in [0.29, 0.717) is 11.3 Å². The molecule has 0 saturated heterocycles. The summed E-state index contributed by atoms with van der Waals surface area (Å²) in [6.45, 7) is 5.61. The second-order valence-corrected chi connectivity index (χ2v) is 3.32. The van der Waals surface area contributed by atoms with E-state index in [1.165, 1.54) is 0 Å². The molecule has 0 heterocycles. The number of carbonyl (C=O) groups is 1. The summed E-state index contributed by atoms with van der Waals surface area (Å²) in [7, 11) is 0.